The van der Waals surface area contributed by atoms with E-state index in [0.29, 0.717) is 6.54 Å². The van der Waals surface area contributed by atoms with Crippen molar-refractivity contribution in [1.82, 2.24) is 0 Å². The zero-order valence-electron chi connectivity index (χ0n) is 8.96. The lowest BCUT2D eigenvalue weighted by Gasteiger charge is -2.05. The molecule has 0 radical (unpaired) electrons. The Hall–Kier alpha value is -1.42. The van der Waals surface area contributed by atoms with Crippen LogP contribution in [-0.4, -0.2) is 13.2 Å². The van der Waals surface area contributed by atoms with E-state index in [9.17, 15) is 8.78 Å². The van der Waals surface area contributed by atoms with Crippen molar-refractivity contribution in [3.8, 4) is 5.75 Å². The Morgan fingerprint density at radius 2 is 1.88 bits per heavy atom. The lowest BCUT2D eigenvalue weighted by atomic mass is 10.3. The third kappa shape index (κ3) is 3.98. The molecule has 0 spiro atoms. The molecule has 0 amide bonds. The number of nitrogens with two attached hydrogens (primary N) is 1. The van der Waals surface area contributed by atoms with Crippen molar-refractivity contribution in [1.29, 1.82) is 0 Å². The molecule has 0 saturated heterocycles. The first-order valence-electron chi connectivity index (χ1n) is 5.17. The first kappa shape index (κ1) is 12.6. The largest absolute Gasteiger partial charge is 0.483 e. The van der Waals surface area contributed by atoms with Crippen molar-refractivity contribution in [2.45, 2.75) is 12.8 Å². The van der Waals surface area contributed by atoms with Gasteiger partial charge in [-0.2, -0.15) is 0 Å². The van der Waals surface area contributed by atoms with Crippen LogP contribution in [0.2, 0.25) is 0 Å². The second kappa shape index (κ2) is 6.95. The monoisotopic (exact) mass is 227 g/mol. The highest BCUT2D eigenvalue weighted by molar-refractivity contribution is 5.26. The van der Waals surface area contributed by atoms with E-state index in [4.69, 9.17) is 10.5 Å². The van der Waals surface area contributed by atoms with Gasteiger partial charge in [0.1, 0.15) is 6.61 Å². The Morgan fingerprint density at radius 1 is 1.19 bits per heavy atom. The van der Waals surface area contributed by atoms with E-state index in [2.05, 4.69) is 0 Å². The maximum absolute atomic E-state index is 13.1. The molecule has 16 heavy (non-hydrogen) atoms. The van der Waals surface area contributed by atoms with Crippen molar-refractivity contribution in [2.24, 2.45) is 5.73 Å². The highest BCUT2D eigenvalue weighted by atomic mass is 19.1. The van der Waals surface area contributed by atoms with Crippen molar-refractivity contribution in [2.75, 3.05) is 13.2 Å². The summed E-state index contributed by atoms with van der Waals surface area (Å²) in [6, 6.07) is 3.63. The van der Waals surface area contributed by atoms with Crippen LogP contribution >= 0.6 is 0 Å². The number of unbranched alkanes of at least 4 members (excludes halogenated alkanes) is 1. The molecule has 2 nitrogen and oxygen atoms in total. The molecule has 0 bridgehead atoms. The number of hydrogen-bond acceptors (Lipinski definition) is 2. The normalized spacial score (nSPS) is 10.9. The third-order valence-electron chi connectivity index (χ3n) is 1.98. The summed E-state index contributed by atoms with van der Waals surface area (Å²) in [5, 5.41) is 0. The fraction of sp³-hybridized carbons (Fsp3) is 0.333. The zero-order valence-corrected chi connectivity index (χ0v) is 8.96. The van der Waals surface area contributed by atoms with E-state index in [1.807, 2.05) is 6.08 Å². The summed E-state index contributed by atoms with van der Waals surface area (Å²) in [5.41, 5.74) is 5.31. The highest BCUT2D eigenvalue weighted by Crippen LogP contribution is 2.20. The number of para-hydroxylation sites is 1. The second-order valence-electron chi connectivity index (χ2n) is 3.26. The first-order chi connectivity index (χ1) is 7.75. The van der Waals surface area contributed by atoms with Crippen LogP contribution in [0.3, 0.4) is 0 Å². The van der Waals surface area contributed by atoms with Gasteiger partial charge in [0.05, 0.1) is 0 Å². The average Bonchev–Trinajstić information content (AvgIpc) is 2.26. The molecule has 0 heterocycles. The molecule has 0 saturated carbocycles. The molecule has 88 valence electrons. The van der Waals surface area contributed by atoms with Crippen molar-refractivity contribution in [3.05, 3.63) is 42.0 Å². The molecule has 0 aliphatic carbocycles. The van der Waals surface area contributed by atoms with Gasteiger partial charge in [-0.1, -0.05) is 18.2 Å². The highest BCUT2D eigenvalue weighted by Gasteiger charge is 2.07. The predicted octanol–water partition coefficient (Wildman–Crippen LogP) is 2.64. The summed E-state index contributed by atoms with van der Waals surface area (Å²) in [6.45, 7) is 0.787. The Balaban J connectivity index is 2.40. The number of benzene rings is 1. The van der Waals surface area contributed by atoms with Gasteiger partial charge in [0.25, 0.3) is 0 Å². The van der Waals surface area contributed by atoms with Gasteiger partial charge in [-0.25, -0.2) is 8.78 Å². The smallest absolute Gasteiger partial charge is 0.191 e. The van der Waals surface area contributed by atoms with Gasteiger partial charge in [-0.3, -0.25) is 0 Å². The molecule has 0 aliphatic rings. The molecule has 1 aromatic carbocycles. The predicted molar refractivity (Wildman–Crippen MR) is 59.3 cm³/mol. The molecule has 4 heteroatoms. The van der Waals surface area contributed by atoms with Crippen LogP contribution in [-0.2, 0) is 0 Å². The molecule has 1 aromatic rings. The summed E-state index contributed by atoms with van der Waals surface area (Å²) in [5.74, 6) is -1.70. The van der Waals surface area contributed by atoms with E-state index in [1.54, 1.807) is 6.08 Å². The molecular weight excluding hydrogens is 212 g/mol. The van der Waals surface area contributed by atoms with E-state index >= 15 is 0 Å². The minimum atomic E-state index is -0.685. The standard InChI is InChI=1S/C12H15F2NO/c13-10-6-5-7-11(14)12(10)16-9-4-2-1-3-8-15/h2,4-7H,1,3,8-9,15H2/b4-2+. The molecule has 2 N–H and O–H groups in total. The minimum absolute atomic E-state index is 0.155. The molecule has 0 fully saturated rings. The van der Waals surface area contributed by atoms with Gasteiger partial charge in [-0.15, -0.1) is 0 Å². The van der Waals surface area contributed by atoms with Gasteiger partial charge in [0.15, 0.2) is 17.4 Å². The van der Waals surface area contributed by atoms with Gasteiger partial charge in [-0.05, 0) is 31.5 Å². The van der Waals surface area contributed by atoms with Gasteiger partial charge < -0.3 is 10.5 Å². The summed E-state index contributed by atoms with van der Waals surface area (Å²) in [7, 11) is 0. The van der Waals surface area contributed by atoms with Crippen LogP contribution in [0.4, 0.5) is 8.78 Å². The Morgan fingerprint density at radius 3 is 2.50 bits per heavy atom. The molecule has 0 aliphatic heterocycles. The SMILES string of the molecule is NCCC/C=C/COc1c(F)cccc1F. The number of ether oxygens (including phenoxy) is 1. The van der Waals surface area contributed by atoms with Crippen molar-refractivity contribution >= 4 is 0 Å². The topological polar surface area (TPSA) is 35.2 Å². The fourth-order valence-corrected chi connectivity index (χ4v) is 1.17. The molecule has 0 aromatic heterocycles. The summed E-state index contributed by atoms with van der Waals surface area (Å²) in [4.78, 5) is 0. The molecule has 1 rings (SSSR count). The zero-order chi connectivity index (χ0) is 11.8. The Labute approximate surface area is 93.7 Å². The van der Waals surface area contributed by atoms with Crippen LogP contribution in [0.1, 0.15) is 12.8 Å². The quantitative estimate of drug-likeness (QED) is 0.599. The van der Waals surface area contributed by atoms with Crippen LogP contribution < -0.4 is 10.5 Å². The fourth-order valence-electron chi connectivity index (χ4n) is 1.17. The second-order valence-corrected chi connectivity index (χ2v) is 3.26. The molecule has 0 unspecified atom stereocenters. The number of hydrogen-bond donors (Lipinski definition) is 1. The van der Waals surface area contributed by atoms with E-state index in [0.717, 1.165) is 25.0 Å². The lowest BCUT2D eigenvalue weighted by molar-refractivity contribution is 0.320. The first-order valence-corrected chi connectivity index (χ1v) is 5.17. The minimum Gasteiger partial charge on any atom is -0.483 e. The number of rotatable bonds is 6. The van der Waals surface area contributed by atoms with E-state index in [-0.39, 0.29) is 12.4 Å². The lowest BCUT2D eigenvalue weighted by Crippen LogP contribution is -1.99. The Kier molecular flexibility index (Phi) is 5.50. The Bertz CT molecular complexity index is 333. The maximum Gasteiger partial charge on any atom is 0.191 e. The number of halogens is 2. The third-order valence-corrected chi connectivity index (χ3v) is 1.98. The summed E-state index contributed by atoms with van der Waals surface area (Å²) >= 11 is 0. The van der Waals surface area contributed by atoms with Gasteiger partial charge in [0, 0.05) is 0 Å². The summed E-state index contributed by atoms with van der Waals surface area (Å²) in [6.07, 6.45) is 5.34. The van der Waals surface area contributed by atoms with E-state index < -0.39 is 11.6 Å². The molecule has 0 atom stereocenters. The maximum atomic E-state index is 13.1. The van der Waals surface area contributed by atoms with Crippen LogP contribution in [0.5, 0.6) is 5.75 Å². The number of allylic oxidation sites excluding steroid dienone is 1. The van der Waals surface area contributed by atoms with Crippen molar-refractivity contribution < 1.29 is 13.5 Å². The summed E-state index contributed by atoms with van der Waals surface area (Å²) < 4.78 is 31.1. The molecular formula is C12H15F2NO. The average molecular weight is 227 g/mol. The van der Waals surface area contributed by atoms with Crippen LogP contribution in [0, 0.1) is 11.6 Å². The van der Waals surface area contributed by atoms with Crippen molar-refractivity contribution in [3.63, 3.8) is 0 Å². The van der Waals surface area contributed by atoms with Crippen LogP contribution in [0.15, 0.2) is 30.4 Å². The van der Waals surface area contributed by atoms with Crippen LogP contribution in [0.25, 0.3) is 0 Å². The van der Waals surface area contributed by atoms with Gasteiger partial charge in [0.2, 0.25) is 0 Å². The van der Waals surface area contributed by atoms with Gasteiger partial charge >= 0.3 is 0 Å². The van der Waals surface area contributed by atoms with E-state index in [1.165, 1.54) is 6.07 Å².